The van der Waals surface area contributed by atoms with E-state index >= 15 is 0 Å². The standard InChI is InChI=1S/C17H14Cl2N2/c1-11-10-20-16(12-2-6-14(18)7-3-12)17(21-11)13-4-8-15(19)9-5-13/h2-9,11H,10H2,1H3. The van der Waals surface area contributed by atoms with Gasteiger partial charge in [0.1, 0.15) is 0 Å². The largest absolute Gasteiger partial charge is 0.280 e. The van der Waals surface area contributed by atoms with E-state index in [0.717, 1.165) is 22.6 Å². The molecule has 0 aromatic heterocycles. The smallest absolute Gasteiger partial charge is 0.0908 e. The van der Waals surface area contributed by atoms with Crippen LogP contribution in [-0.4, -0.2) is 24.0 Å². The highest BCUT2D eigenvalue weighted by atomic mass is 35.5. The van der Waals surface area contributed by atoms with Gasteiger partial charge in [-0.15, -0.1) is 0 Å². The van der Waals surface area contributed by atoms with Gasteiger partial charge < -0.3 is 0 Å². The second-order valence-electron chi connectivity index (χ2n) is 5.03. The van der Waals surface area contributed by atoms with Crippen LogP contribution < -0.4 is 0 Å². The van der Waals surface area contributed by atoms with Gasteiger partial charge >= 0.3 is 0 Å². The third kappa shape index (κ3) is 3.17. The van der Waals surface area contributed by atoms with Crippen LogP contribution in [0.1, 0.15) is 18.1 Å². The molecule has 2 aromatic rings. The molecular weight excluding hydrogens is 303 g/mol. The molecule has 0 spiro atoms. The van der Waals surface area contributed by atoms with E-state index in [1.54, 1.807) is 0 Å². The zero-order valence-electron chi connectivity index (χ0n) is 11.6. The molecule has 0 saturated carbocycles. The van der Waals surface area contributed by atoms with Crippen molar-refractivity contribution in [3.05, 3.63) is 69.7 Å². The van der Waals surface area contributed by atoms with Crippen molar-refractivity contribution in [2.75, 3.05) is 6.54 Å². The molecule has 1 heterocycles. The van der Waals surface area contributed by atoms with E-state index < -0.39 is 0 Å². The van der Waals surface area contributed by atoms with Gasteiger partial charge in [0.05, 0.1) is 24.0 Å². The fourth-order valence-electron chi connectivity index (χ4n) is 2.28. The summed E-state index contributed by atoms with van der Waals surface area (Å²) >= 11 is 11.9. The van der Waals surface area contributed by atoms with E-state index in [9.17, 15) is 0 Å². The molecule has 1 unspecified atom stereocenters. The van der Waals surface area contributed by atoms with Crippen LogP contribution in [0.25, 0.3) is 0 Å². The molecule has 0 N–H and O–H groups in total. The number of rotatable bonds is 2. The molecule has 21 heavy (non-hydrogen) atoms. The fraction of sp³-hybridized carbons (Fsp3) is 0.176. The van der Waals surface area contributed by atoms with E-state index in [1.807, 2.05) is 48.5 Å². The monoisotopic (exact) mass is 316 g/mol. The van der Waals surface area contributed by atoms with Crippen molar-refractivity contribution in [1.29, 1.82) is 0 Å². The van der Waals surface area contributed by atoms with Gasteiger partial charge in [-0.1, -0.05) is 47.5 Å². The first kappa shape index (κ1) is 14.3. The van der Waals surface area contributed by atoms with Gasteiger partial charge in [-0.05, 0) is 31.2 Å². The average molecular weight is 317 g/mol. The van der Waals surface area contributed by atoms with Gasteiger partial charge in [-0.25, -0.2) is 0 Å². The second-order valence-corrected chi connectivity index (χ2v) is 5.90. The van der Waals surface area contributed by atoms with Gasteiger partial charge in [-0.3, -0.25) is 9.98 Å². The predicted molar refractivity (Wildman–Crippen MR) is 90.3 cm³/mol. The lowest BCUT2D eigenvalue weighted by Crippen LogP contribution is -2.26. The van der Waals surface area contributed by atoms with Gasteiger partial charge in [0.2, 0.25) is 0 Å². The quantitative estimate of drug-likeness (QED) is 0.769. The minimum atomic E-state index is 0.187. The highest BCUT2D eigenvalue weighted by Crippen LogP contribution is 2.19. The van der Waals surface area contributed by atoms with E-state index in [2.05, 4.69) is 6.92 Å². The zero-order chi connectivity index (χ0) is 14.8. The molecule has 0 radical (unpaired) electrons. The first-order valence-electron chi connectivity index (χ1n) is 6.78. The van der Waals surface area contributed by atoms with Gasteiger partial charge in [0, 0.05) is 21.2 Å². The van der Waals surface area contributed by atoms with Gasteiger partial charge in [0.15, 0.2) is 0 Å². The Balaban J connectivity index is 2.04. The molecule has 1 aliphatic heterocycles. The highest BCUT2D eigenvalue weighted by molar-refractivity contribution is 6.54. The summed E-state index contributed by atoms with van der Waals surface area (Å²) in [5.74, 6) is 0. The Morgan fingerprint density at radius 3 is 1.81 bits per heavy atom. The van der Waals surface area contributed by atoms with Crippen LogP contribution in [-0.2, 0) is 0 Å². The summed E-state index contributed by atoms with van der Waals surface area (Å²) in [4.78, 5) is 9.47. The van der Waals surface area contributed by atoms with E-state index in [4.69, 9.17) is 33.2 Å². The lowest BCUT2D eigenvalue weighted by atomic mass is 9.98. The Morgan fingerprint density at radius 2 is 1.29 bits per heavy atom. The van der Waals surface area contributed by atoms with Crippen molar-refractivity contribution in [3.8, 4) is 0 Å². The summed E-state index contributed by atoms with van der Waals surface area (Å²) in [6.07, 6.45) is 0. The molecule has 106 valence electrons. The molecule has 4 heteroatoms. The number of nitrogens with zero attached hydrogens (tertiary/aromatic N) is 2. The first-order chi connectivity index (χ1) is 10.1. The molecule has 1 aliphatic rings. The van der Waals surface area contributed by atoms with Crippen molar-refractivity contribution in [2.24, 2.45) is 9.98 Å². The normalized spacial score (nSPS) is 18.1. The minimum absolute atomic E-state index is 0.187. The van der Waals surface area contributed by atoms with E-state index in [0.29, 0.717) is 16.6 Å². The predicted octanol–water partition coefficient (Wildman–Crippen LogP) is 4.67. The molecule has 0 aliphatic carbocycles. The molecule has 2 aromatic carbocycles. The molecular formula is C17H14Cl2N2. The summed E-state index contributed by atoms with van der Waals surface area (Å²) in [6, 6.07) is 15.6. The maximum atomic E-state index is 5.97. The van der Waals surface area contributed by atoms with Crippen LogP contribution in [0.3, 0.4) is 0 Å². The number of aliphatic imine (C=N–C) groups is 2. The van der Waals surface area contributed by atoms with E-state index in [-0.39, 0.29) is 6.04 Å². The molecule has 1 atom stereocenters. The molecule has 0 amide bonds. The lowest BCUT2D eigenvalue weighted by molar-refractivity contribution is 0.750. The summed E-state index contributed by atoms with van der Waals surface area (Å²) in [7, 11) is 0. The Bertz CT molecular complexity index is 701. The Hall–Kier alpha value is -1.64. The first-order valence-corrected chi connectivity index (χ1v) is 7.53. The van der Waals surface area contributed by atoms with Gasteiger partial charge in [-0.2, -0.15) is 0 Å². The lowest BCUT2D eigenvalue weighted by Gasteiger charge is -2.18. The molecule has 2 nitrogen and oxygen atoms in total. The number of benzene rings is 2. The zero-order valence-corrected chi connectivity index (χ0v) is 13.1. The number of hydrogen-bond donors (Lipinski definition) is 0. The topological polar surface area (TPSA) is 24.7 Å². The van der Waals surface area contributed by atoms with Crippen molar-refractivity contribution >= 4 is 34.6 Å². The Kier molecular flexibility index (Phi) is 4.09. The van der Waals surface area contributed by atoms with Crippen molar-refractivity contribution in [3.63, 3.8) is 0 Å². The number of halogens is 2. The van der Waals surface area contributed by atoms with Crippen molar-refractivity contribution in [1.82, 2.24) is 0 Å². The maximum absolute atomic E-state index is 5.97. The van der Waals surface area contributed by atoms with Crippen LogP contribution in [0.15, 0.2) is 58.5 Å². The maximum Gasteiger partial charge on any atom is 0.0908 e. The number of hydrogen-bond acceptors (Lipinski definition) is 2. The second kappa shape index (κ2) is 6.00. The molecule has 0 saturated heterocycles. The highest BCUT2D eigenvalue weighted by Gasteiger charge is 2.19. The summed E-state index contributed by atoms with van der Waals surface area (Å²) in [5.41, 5.74) is 3.87. The van der Waals surface area contributed by atoms with Crippen LogP contribution in [0, 0.1) is 0 Å². The van der Waals surface area contributed by atoms with Crippen LogP contribution in [0.5, 0.6) is 0 Å². The summed E-state index contributed by atoms with van der Waals surface area (Å²) < 4.78 is 0. The Labute approximate surface area is 134 Å². The SMILES string of the molecule is CC1CN=C(c2ccc(Cl)cc2)C(c2ccc(Cl)cc2)=N1. The fourth-order valence-corrected chi connectivity index (χ4v) is 2.53. The third-order valence-corrected chi connectivity index (χ3v) is 3.83. The van der Waals surface area contributed by atoms with Crippen molar-refractivity contribution < 1.29 is 0 Å². The summed E-state index contributed by atoms with van der Waals surface area (Å²) in [6.45, 7) is 2.77. The molecule has 3 rings (SSSR count). The van der Waals surface area contributed by atoms with Crippen LogP contribution >= 0.6 is 23.2 Å². The van der Waals surface area contributed by atoms with Crippen molar-refractivity contribution in [2.45, 2.75) is 13.0 Å². The average Bonchev–Trinajstić information content (AvgIpc) is 2.49. The minimum Gasteiger partial charge on any atom is -0.280 e. The van der Waals surface area contributed by atoms with Crippen LogP contribution in [0.2, 0.25) is 10.0 Å². The molecule has 0 fully saturated rings. The summed E-state index contributed by atoms with van der Waals surface area (Å²) in [5, 5.41) is 1.43. The molecule has 0 bridgehead atoms. The Morgan fingerprint density at radius 1 is 0.810 bits per heavy atom. The van der Waals surface area contributed by atoms with Gasteiger partial charge in [0.25, 0.3) is 0 Å². The van der Waals surface area contributed by atoms with Crippen LogP contribution in [0.4, 0.5) is 0 Å². The third-order valence-electron chi connectivity index (χ3n) is 3.32. The van der Waals surface area contributed by atoms with E-state index in [1.165, 1.54) is 0 Å².